The summed E-state index contributed by atoms with van der Waals surface area (Å²) in [5, 5.41) is 27.9. The third-order valence-corrected chi connectivity index (χ3v) is 19.3. The highest BCUT2D eigenvalue weighted by Crippen LogP contribution is 2.31. The number of aliphatic hydroxyl groups excluding tert-OH is 1. The van der Waals surface area contributed by atoms with Crippen LogP contribution >= 0.6 is 11.8 Å². The van der Waals surface area contributed by atoms with Crippen molar-refractivity contribution in [2.45, 2.75) is 212 Å². The first-order valence-corrected chi connectivity index (χ1v) is 35.0. The number of hydrogen-bond acceptors (Lipinski definition) is 16. The van der Waals surface area contributed by atoms with E-state index in [1.165, 1.54) is 28.6 Å². The van der Waals surface area contributed by atoms with Crippen LogP contribution in [0.15, 0.2) is 54.6 Å². The average molecular weight is 1350 g/mol. The Kier molecular flexibility index (Phi) is 33.9. The molecule has 4 rings (SSSR count). The van der Waals surface area contributed by atoms with Crippen molar-refractivity contribution in [1.29, 1.82) is 0 Å². The van der Waals surface area contributed by atoms with E-state index >= 15 is 0 Å². The third-order valence-electron chi connectivity index (χ3n) is 18.3. The number of aliphatic hydroxyl groups is 1. The molecule has 2 fully saturated rings. The second-order valence-corrected chi connectivity index (χ2v) is 27.5. The lowest BCUT2D eigenvalue weighted by molar-refractivity contribution is -0.147. The van der Waals surface area contributed by atoms with Crippen molar-refractivity contribution >= 4 is 76.8 Å². The Morgan fingerprint density at radius 2 is 1.43 bits per heavy atom. The van der Waals surface area contributed by atoms with Gasteiger partial charge in [-0.3, -0.25) is 48.2 Å². The minimum absolute atomic E-state index is 0.00269. The molecule has 1 unspecified atom stereocenters. The molecule has 2 aliphatic heterocycles. The maximum absolute atomic E-state index is 14.8. The number of likely N-dealkylation sites (tertiary alicyclic amines) is 2. The number of carbonyl (C=O) groups excluding carboxylic acids is 10. The van der Waals surface area contributed by atoms with Gasteiger partial charge in [0.25, 0.3) is 0 Å². The molecule has 2 aromatic carbocycles. The van der Waals surface area contributed by atoms with Gasteiger partial charge in [0, 0.05) is 79.1 Å². The number of nitrogens with two attached hydrogens (primary N) is 1. The van der Waals surface area contributed by atoms with Gasteiger partial charge in [-0.1, -0.05) is 118 Å². The molecule has 2 aromatic rings. The quantitative estimate of drug-likeness (QED) is 0.0275. The standard InChI is InChI=1S/C69H111N11O14S/c1-16-44(8)60(52(92-13)37-55(82)79-36-24-28-51(79)62(93-14)45(9)39-72-46(10)61(84)48-25-19-17-20-26-48)77(11)67(89)58(42(4)5)76-65(87)59(43(6)7)78(12)69(91)94-40-47-30-32-49(33-31-47)73-63(85)50(27-23-34-71-68(70)90)74-64(86)57(41(2)3)75-54(81)29-21-18-22-35-80-56(83)38-53(95-15)66(80)88/h17,19-20,25-26,30-33,41-46,50-53,57-62,72,84H,16,18,21-24,27-29,34-40H2,1-15H3,(H,73,85)(H,74,86)(H,75,81)(H,76,87)(H3,70,71,90)/t44-,45-,46+,50-,51-,52+,53?,57-,58-,59-,60-,61+,62+/m0/s1. The largest absolute Gasteiger partial charge is 0.445 e. The molecule has 95 heavy (non-hydrogen) atoms. The van der Waals surface area contributed by atoms with Gasteiger partial charge < -0.3 is 66.8 Å². The summed E-state index contributed by atoms with van der Waals surface area (Å²) >= 11 is 1.35. The molecule has 9 N–H and O–H groups in total. The lowest BCUT2D eigenvalue weighted by Gasteiger charge is -2.41. The zero-order valence-electron chi connectivity index (χ0n) is 58.8. The molecule has 0 bridgehead atoms. The Bertz CT molecular complexity index is 2820. The maximum Gasteiger partial charge on any atom is 0.410 e. The SMILES string of the molecule is CC[C@H](C)[C@@H]([C@@H](CC(=O)N1CCC[C@H]1[C@H](OC)[C@@H](C)CN[C@H](C)[C@@H](O)c1ccccc1)OC)N(C)C(=O)[C@@H](NC(=O)[C@H](C(C)C)N(C)C(=O)OCc1ccc(NC(=O)[C@H](CCCNC(N)=O)NC(=O)[C@@H](NC(=O)CCCCCN2C(=O)CC(SC)C2=O)C(C)C)cc1)C(C)C. The molecule has 2 aliphatic rings. The van der Waals surface area contributed by atoms with Gasteiger partial charge in [-0.25, -0.2) is 9.59 Å². The van der Waals surface area contributed by atoms with Crippen LogP contribution in [0.4, 0.5) is 15.3 Å². The fourth-order valence-electron chi connectivity index (χ4n) is 12.6. The second kappa shape index (κ2) is 40.0. The molecule has 0 aromatic heterocycles. The van der Waals surface area contributed by atoms with Gasteiger partial charge in [-0.15, -0.1) is 0 Å². The van der Waals surface area contributed by atoms with Crippen LogP contribution < -0.4 is 37.6 Å². The van der Waals surface area contributed by atoms with Gasteiger partial charge in [-0.2, -0.15) is 11.8 Å². The average Bonchev–Trinajstić information content (AvgIpc) is 1.80. The minimum atomic E-state index is -1.10. The van der Waals surface area contributed by atoms with Crippen LogP contribution in [0, 0.1) is 29.6 Å². The van der Waals surface area contributed by atoms with Gasteiger partial charge in [0.2, 0.25) is 47.3 Å². The van der Waals surface area contributed by atoms with Crippen LogP contribution in [0.2, 0.25) is 0 Å². The van der Waals surface area contributed by atoms with E-state index < -0.39 is 84.1 Å². The number of unbranched alkanes of at least 4 members (excludes halogenated alkanes) is 2. The van der Waals surface area contributed by atoms with Gasteiger partial charge in [-0.05, 0) is 105 Å². The number of imide groups is 1. The molecular weight excluding hydrogens is 1240 g/mol. The summed E-state index contributed by atoms with van der Waals surface area (Å²) in [6.07, 6.45) is 3.71. The Morgan fingerprint density at radius 1 is 0.768 bits per heavy atom. The Balaban J connectivity index is 1.36. The summed E-state index contributed by atoms with van der Waals surface area (Å²) in [7, 11) is 6.32. The number of carbonyl (C=O) groups is 10. The topological polar surface area (TPSA) is 330 Å². The van der Waals surface area contributed by atoms with Crippen molar-refractivity contribution in [1.82, 2.24) is 46.2 Å². The molecule has 0 radical (unpaired) electrons. The van der Waals surface area contributed by atoms with Gasteiger partial charge >= 0.3 is 12.1 Å². The number of nitrogens with zero attached hydrogens (tertiary/aromatic N) is 4. The number of benzene rings is 2. The molecule has 26 heteroatoms. The van der Waals surface area contributed by atoms with Gasteiger partial charge in [0.15, 0.2) is 0 Å². The number of amides is 11. The monoisotopic (exact) mass is 1350 g/mol. The maximum atomic E-state index is 14.8. The first-order chi connectivity index (χ1) is 45.0. The number of methoxy groups -OCH3 is 2. The van der Waals surface area contributed by atoms with Gasteiger partial charge in [0.1, 0.15) is 30.8 Å². The molecule has 25 nitrogen and oxygen atoms in total. The first-order valence-electron chi connectivity index (χ1n) is 33.7. The minimum Gasteiger partial charge on any atom is -0.445 e. The van der Waals surface area contributed by atoms with E-state index in [9.17, 15) is 53.1 Å². The number of urea groups is 1. The Hall–Kier alpha value is -6.87. The van der Waals surface area contributed by atoms with Crippen LogP contribution in [0.1, 0.15) is 157 Å². The summed E-state index contributed by atoms with van der Waals surface area (Å²) in [4.78, 5) is 140. The van der Waals surface area contributed by atoms with Crippen LogP contribution in [-0.4, -0.2) is 205 Å². The number of anilines is 1. The van der Waals surface area contributed by atoms with Crippen molar-refractivity contribution < 1.29 is 67.3 Å². The number of primary amides is 1. The molecule has 11 amide bonds. The van der Waals surface area contributed by atoms with Crippen molar-refractivity contribution in [3.8, 4) is 0 Å². The van der Waals surface area contributed by atoms with Crippen LogP contribution in [0.3, 0.4) is 0 Å². The predicted octanol–water partition coefficient (Wildman–Crippen LogP) is 6.12. The van der Waals surface area contributed by atoms with Crippen molar-refractivity contribution in [2.75, 3.05) is 66.1 Å². The highest BCUT2D eigenvalue weighted by molar-refractivity contribution is 8.00. The van der Waals surface area contributed by atoms with Crippen LogP contribution in [0.25, 0.3) is 0 Å². The highest BCUT2D eigenvalue weighted by Gasteiger charge is 2.44. The van der Waals surface area contributed by atoms with E-state index in [2.05, 4.69) is 38.8 Å². The number of thioether (sulfide) groups is 1. The predicted molar refractivity (Wildman–Crippen MR) is 366 cm³/mol. The first kappa shape index (κ1) is 80.6. The van der Waals surface area contributed by atoms with Gasteiger partial charge in [0.05, 0.1) is 42.1 Å². The van der Waals surface area contributed by atoms with Crippen molar-refractivity contribution in [2.24, 2.45) is 35.3 Å². The van der Waals surface area contributed by atoms with E-state index in [0.29, 0.717) is 50.0 Å². The molecule has 2 heterocycles. The zero-order chi connectivity index (χ0) is 70.8. The summed E-state index contributed by atoms with van der Waals surface area (Å²) in [6.45, 7) is 20.0. The molecule has 532 valence electrons. The normalized spacial score (nSPS) is 18.4. The summed E-state index contributed by atoms with van der Waals surface area (Å²) in [5.41, 5.74) is 6.97. The molecule has 13 atom stereocenters. The third kappa shape index (κ3) is 24.0. The van der Waals surface area contributed by atoms with E-state index in [1.807, 2.05) is 69.9 Å². The number of ether oxygens (including phenoxy) is 3. The number of rotatable bonds is 40. The van der Waals surface area contributed by atoms with E-state index in [4.69, 9.17) is 19.9 Å². The second-order valence-electron chi connectivity index (χ2n) is 26.5. The number of nitrogens with one attached hydrogen (secondary N) is 6. The molecule has 0 saturated carbocycles. The Labute approximate surface area is 567 Å². The Morgan fingerprint density at radius 3 is 2.01 bits per heavy atom. The lowest BCUT2D eigenvalue weighted by Crippen LogP contribution is -2.60. The smallest absolute Gasteiger partial charge is 0.410 e. The summed E-state index contributed by atoms with van der Waals surface area (Å²) < 4.78 is 18.0. The van der Waals surface area contributed by atoms with E-state index in [1.54, 1.807) is 84.4 Å². The zero-order valence-corrected chi connectivity index (χ0v) is 59.6. The van der Waals surface area contributed by atoms with Crippen molar-refractivity contribution in [3.05, 3.63) is 65.7 Å². The van der Waals surface area contributed by atoms with Crippen LogP contribution in [0.5, 0.6) is 0 Å². The van der Waals surface area contributed by atoms with Crippen LogP contribution in [-0.2, 0) is 59.2 Å². The van der Waals surface area contributed by atoms with E-state index in [-0.39, 0.29) is 123 Å². The van der Waals surface area contributed by atoms with E-state index in [0.717, 1.165) is 18.4 Å². The van der Waals surface area contributed by atoms with Crippen molar-refractivity contribution in [3.63, 3.8) is 0 Å². The fraction of sp³-hybridized carbons (Fsp3) is 0.681. The summed E-state index contributed by atoms with van der Waals surface area (Å²) in [6, 6.07) is 9.99. The number of likely N-dealkylation sites (N-methyl/N-ethyl adjacent to an activating group) is 2. The number of hydrogen-bond donors (Lipinski definition) is 8. The molecular formula is C69H111N11O14S. The molecule has 2 saturated heterocycles. The summed E-state index contributed by atoms with van der Waals surface area (Å²) in [5.74, 6) is -4.33. The molecule has 0 aliphatic carbocycles. The fourth-order valence-corrected chi connectivity index (χ4v) is 13.2. The highest BCUT2D eigenvalue weighted by atomic mass is 32.2. The lowest BCUT2D eigenvalue weighted by atomic mass is 9.89. The molecule has 0 spiro atoms.